The lowest BCUT2D eigenvalue weighted by atomic mass is 10.1. The summed E-state index contributed by atoms with van der Waals surface area (Å²) in [6.45, 7) is 3.14. The molecular weight excluding hydrogens is 222 g/mol. The van der Waals surface area contributed by atoms with E-state index in [2.05, 4.69) is 30.3 Å². The highest BCUT2D eigenvalue weighted by atomic mass is 16.3. The molecule has 0 amide bonds. The molecule has 0 radical (unpaired) electrons. The Labute approximate surface area is 108 Å². The van der Waals surface area contributed by atoms with Crippen LogP contribution in [-0.4, -0.2) is 6.54 Å². The van der Waals surface area contributed by atoms with E-state index in [1.165, 1.54) is 0 Å². The Morgan fingerprint density at radius 3 is 2.94 bits per heavy atom. The molecule has 0 aliphatic heterocycles. The molecule has 1 aromatic carbocycles. The molecule has 2 aromatic rings. The normalized spacial score (nSPS) is 12.4. The predicted molar refractivity (Wildman–Crippen MR) is 75.3 cm³/mol. The van der Waals surface area contributed by atoms with Crippen LogP contribution >= 0.6 is 0 Å². The fourth-order valence-electron chi connectivity index (χ4n) is 2.07. The van der Waals surface area contributed by atoms with Crippen LogP contribution in [0, 0.1) is 12.3 Å². The highest BCUT2D eigenvalue weighted by Gasteiger charge is 2.14. The van der Waals surface area contributed by atoms with Crippen molar-refractivity contribution in [2.75, 3.05) is 6.54 Å². The molecule has 0 aliphatic rings. The third-order valence-electron chi connectivity index (χ3n) is 3.01. The van der Waals surface area contributed by atoms with E-state index in [1.54, 1.807) is 0 Å². The molecule has 1 atom stereocenters. The number of benzene rings is 1. The lowest BCUT2D eigenvalue weighted by Crippen LogP contribution is -2.21. The van der Waals surface area contributed by atoms with Gasteiger partial charge in [0.05, 0.1) is 6.04 Å². The molecule has 1 unspecified atom stereocenters. The van der Waals surface area contributed by atoms with Crippen LogP contribution in [0.2, 0.25) is 0 Å². The number of terminal acetylenes is 1. The van der Waals surface area contributed by atoms with Crippen LogP contribution < -0.4 is 5.32 Å². The van der Waals surface area contributed by atoms with E-state index < -0.39 is 0 Å². The number of nitrogens with one attached hydrogen (secondary N) is 1. The van der Waals surface area contributed by atoms with E-state index in [4.69, 9.17) is 10.8 Å². The molecule has 1 N–H and O–H groups in total. The van der Waals surface area contributed by atoms with Crippen molar-refractivity contribution < 1.29 is 4.42 Å². The summed E-state index contributed by atoms with van der Waals surface area (Å²) in [4.78, 5) is 0. The zero-order valence-electron chi connectivity index (χ0n) is 10.8. The van der Waals surface area contributed by atoms with Crippen molar-refractivity contribution in [1.29, 1.82) is 0 Å². The molecule has 0 saturated carbocycles. The van der Waals surface area contributed by atoms with Crippen LogP contribution in [0.3, 0.4) is 0 Å². The Bertz CT molecular complexity index is 502. The number of para-hydroxylation sites is 1. The minimum atomic E-state index is 0.216. The first-order valence-corrected chi connectivity index (χ1v) is 6.50. The van der Waals surface area contributed by atoms with Gasteiger partial charge in [0.1, 0.15) is 11.3 Å². The highest BCUT2D eigenvalue weighted by Crippen LogP contribution is 2.26. The van der Waals surface area contributed by atoms with Crippen LogP contribution in [0.4, 0.5) is 0 Å². The highest BCUT2D eigenvalue weighted by molar-refractivity contribution is 5.77. The molecule has 0 bridgehead atoms. The molecule has 0 aliphatic carbocycles. The van der Waals surface area contributed by atoms with Gasteiger partial charge in [-0.1, -0.05) is 25.1 Å². The number of furan rings is 1. The van der Waals surface area contributed by atoms with Crippen LogP contribution in [0.25, 0.3) is 11.0 Å². The van der Waals surface area contributed by atoms with Gasteiger partial charge >= 0.3 is 0 Å². The summed E-state index contributed by atoms with van der Waals surface area (Å²) in [5, 5.41) is 4.64. The monoisotopic (exact) mass is 241 g/mol. The van der Waals surface area contributed by atoms with Gasteiger partial charge in [-0.25, -0.2) is 0 Å². The van der Waals surface area contributed by atoms with Crippen molar-refractivity contribution in [2.45, 2.75) is 32.2 Å². The third kappa shape index (κ3) is 2.94. The third-order valence-corrected chi connectivity index (χ3v) is 3.01. The van der Waals surface area contributed by atoms with E-state index in [0.717, 1.165) is 42.5 Å². The lowest BCUT2D eigenvalue weighted by Gasteiger charge is -2.14. The average molecular weight is 241 g/mol. The summed E-state index contributed by atoms with van der Waals surface area (Å²) < 4.78 is 5.89. The number of rotatable bonds is 6. The zero-order chi connectivity index (χ0) is 12.8. The second-order valence-electron chi connectivity index (χ2n) is 4.44. The predicted octanol–water partition coefficient (Wildman–Crippen LogP) is 3.89. The van der Waals surface area contributed by atoms with E-state index in [1.807, 2.05) is 18.2 Å². The minimum absolute atomic E-state index is 0.216. The first-order chi connectivity index (χ1) is 8.85. The van der Waals surface area contributed by atoms with Gasteiger partial charge < -0.3 is 9.73 Å². The van der Waals surface area contributed by atoms with Crippen molar-refractivity contribution in [1.82, 2.24) is 5.32 Å². The summed E-state index contributed by atoms with van der Waals surface area (Å²) in [5.41, 5.74) is 0.941. The van der Waals surface area contributed by atoms with E-state index in [9.17, 15) is 0 Å². The van der Waals surface area contributed by atoms with Crippen LogP contribution in [-0.2, 0) is 0 Å². The maximum Gasteiger partial charge on any atom is 0.134 e. The molecule has 0 spiro atoms. The van der Waals surface area contributed by atoms with Crippen LogP contribution in [0.1, 0.15) is 38.0 Å². The fraction of sp³-hybridized carbons (Fsp3) is 0.375. The summed E-state index contributed by atoms with van der Waals surface area (Å²) in [7, 11) is 0. The van der Waals surface area contributed by atoms with E-state index in [-0.39, 0.29) is 6.04 Å². The van der Waals surface area contributed by atoms with Crippen molar-refractivity contribution in [3.8, 4) is 12.3 Å². The van der Waals surface area contributed by atoms with Crippen molar-refractivity contribution in [3.63, 3.8) is 0 Å². The first kappa shape index (κ1) is 12.7. The topological polar surface area (TPSA) is 25.2 Å². The maximum absolute atomic E-state index is 5.89. The Balaban J connectivity index is 2.20. The lowest BCUT2D eigenvalue weighted by molar-refractivity contribution is 0.414. The summed E-state index contributed by atoms with van der Waals surface area (Å²) >= 11 is 0. The van der Waals surface area contributed by atoms with Gasteiger partial charge in [-0.15, -0.1) is 12.3 Å². The Kier molecular flexibility index (Phi) is 4.44. The Morgan fingerprint density at radius 1 is 1.39 bits per heavy atom. The first-order valence-electron chi connectivity index (χ1n) is 6.50. The van der Waals surface area contributed by atoms with Crippen molar-refractivity contribution in [2.24, 2.45) is 0 Å². The molecule has 18 heavy (non-hydrogen) atoms. The van der Waals surface area contributed by atoms with Gasteiger partial charge in [0, 0.05) is 11.8 Å². The second-order valence-corrected chi connectivity index (χ2v) is 4.44. The van der Waals surface area contributed by atoms with Crippen molar-refractivity contribution in [3.05, 3.63) is 36.1 Å². The molecule has 2 nitrogen and oxygen atoms in total. The number of hydrogen-bond donors (Lipinski definition) is 1. The number of hydrogen-bond acceptors (Lipinski definition) is 2. The van der Waals surface area contributed by atoms with Crippen LogP contribution in [0.5, 0.6) is 0 Å². The van der Waals surface area contributed by atoms with E-state index in [0.29, 0.717) is 0 Å². The summed E-state index contributed by atoms with van der Waals surface area (Å²) in [5.74, 6) is 3.68. The SMILES string of the molecule is C#CCCC(NCCC)c1cc2ccccc2o1. The molecule has 2 rings (SSSR count). The fourth-order valence-corrected chi connectivity index (χ4v) is 2.07. The molecule has 0 saturated heterocycles. The molecule has 1 aromatic heterocycles. The molecule has 2 heteroatoms. The van der Waals surface area contributed by atoms with Gasteiger partial charge in [-0.2, -0.15) is 0 Å². The zero-order valence-corrected chi connectivity index (χ0v) is 10.8. The van der Waals surface area contributed by atoms with Gasteiger partial charge in [0.25, 0.3) is 0 Å². The Hall–Kier alpha value is -1.72. The summed E-state index contributed by atoms with van der Waals surface area (Å²) in [6.07, 6.45) is 8.13. The maximum atomic E-state index is 5.89. The van der Waals surface area contributed by atoms with E-state index >= 15 is 0 Å². The minimum Gasteiger partial charge on any atom is -0.459 e. The van der Waals surface area contributed by atoms with Gasteiger partial charge in [0.15, 0.2) is 0 Å². The standard InChI is InChI=1S/C16H19NO/c1-3-5-9-14(17-11-4-2)16-12-13-8-6-7-10-15(13)18-16/h1,6-8,10,12,14,17H,4-5,9,11H2,2H3. The van der Waals surface area contributed by atoms with Crippen LogP contribution in [0.15, 0.2) is 34.7 Å². The van der Waals surface area contributed by atoms with Gasteiger partial charge in [-0.3, -0.25) is 0 Å². The van der Waals surface area contributed by atoms with Gasteiger partial charge in [0.2, 0.25) is 0 Å². The summed E-state index contributed by atoms with van der Waals surface area (Å²) in [6, 6.07) is 10.4. The smallest absolute Gasteiger partial charge is 0.134 e. The van der Waals surface area contributed by atoms with Crippen molar-refractivity contribution >= 4 is 11.0 Å². The molecular formula is C16H19NO. The second kappa shape index (κ2) is 6.28. The average Bonchev–Trinajstić information content (AvgIpc) is 2.82. The largest absolute Gasteiger partial charge is 0.459 e. The molecule has 0 fully saturated rings. The van der Waals surface area contributed by atoms with Gasteiger partial charge in [-0.05, 0) is 31.5 Å². The quantitative estimate of drug-likeness (QED) is 0.776. The molecule has 1 heterocycles. The molecule has 94 valence electrons. The number of fused-ring (bicyclic) bond motifs is 1. The Morgan fingerprint density at radius 2 is 2.22 bits per heavy atom.